The van der Waals surface area contributed by atoms with Gasteiger partial charge in [-0.1, -0.05) is 6.08 Å². The molecule has 3 heteroatoms. The molecule has 0 fully saturated rings. The van der Waals surface area contributed by atoms with Crippen LogP contribution < -0.4 is 5.32 Å². The van der Waals surface area contributed by atoms with Crippen LogP contribution in [0.15, 0.2) is 30.1 Å². The molecule has 1 heterocycles. The molecule has 1 rings (SSSR count). The first kappa shape index (κ1) is 7.69. The molecule has 3 nitrogen and oxygen atoms in total. The molecule has 0 aromatic rings. The molecule has 48 valence electrons. The van der Waals surface area contributed by atoms with Crippen LogP contribution >= 0.6 is 0 Å². The molecular formula is C6H7NO2. The fraction of sp³-hybridized carbons (Fsp3) is 0. The van der Waals surface area contributed by atoms with Gasteiger partial charge < -0.3 is 10.8 Å². The summed E-state index contributed by atoms with van der Waals surface area (Å²) in [5.74, 6) is 1.72. The van der Waals surface area contributed by atoms with Gasteiger partial charge in [0.05, 0.1) is 0 Å². The van der Waals surface area contributed by atoms with Gasteiger partial charge >= 0.3 is 0 Å². The zero-order valence-electron chi connectivity index (χ0n) is 4.72. The fourth-order valence-electron chi connectivity index (χ4n) is 0.457. The lowest BCUT2D eigenvalue weighted by Crippen LogP contribution is -2.04. The van der Waals surface area contributed by atoms with Crippen molar-refractivity contribution in [2.24, 2.45) is 0 Å². The van der Waals surface area contributed by atoms with E-state index >= 15 is 0 Å². The van der Waals surface area contributed by atoms with Crippen LogP contribution in [0, 0.1) is 0 Å². The fourth-order valence-corrected chi connectivity index (χ4v) is 0.457. The Hall–Kier alpha value is -1.31. The van der Waals surface area contributed by atoms with E-state index in [0.29, 0.717) is 5.70 Å². The first-order valence-corrected chi connectivity index (χ1v) is 2.28. The Bertz CT molecular complexity index is 187. The predicted molar refractivity (Wildman–Crippen MR) is 34.2 cm³/mol. The van der Waals surface area contributed by atoms with Crippen molar-refractivity contribution in [1.82, 2.24) is 5.32 Å². The summed E-state index contributed by atoms with van der Waals surface area (Å²) in [5, 5.41) is 2.69. The molecule has 9 heavy (non-hydrogen) atoms. The van der Waals surface area contributed by atoms with Crippen molar-refractivity contribution >= 4 is 5.94 Å². The highest BCUT2D eigenvalue weighted by Gasteiger charge is 1.87. The minimum absolute atomic E-state index is 0. The first-order chi connectivity index (χ1) is 3.93. The number of rotatable bonds is 0. The van der Waals surface area contributed by atoms with Gasteiger partial charge in [-0.25, -0.2) is 4.79 Å². The van der Waals surface area contributed by atoms with E-state index in [-0.39, 0.29) is 5.48 Å². The minimum atomic E-state index is 0. The van der Waals surface area contributed by atoms with E-state index < -0.39 is 0 Å². The van der Waals surface area contributed by atoms with Crippen LogP contribution in [0.2, 0.25) is 0 Å². The molecule has 0 unspecified atom stereocenters. The van der Waals surface area contributed by atoms with Crippen molar-refractivity contribution in [3.05, 3.63) is 30.1 Å². The maximum absolute atomic E-state index is 9.85. The van der Waals surface area contributed by atoms with Gasteiger partial charge in [0.15, 0.2) is 5.94 Å². The monoisotopic (exact) mass is 125 g/mol. The summed E-state index contributed by atoms with van der Waals surface area (Å²) in [6.45, 7) is 0. The van der Waals surface area contributed by atoms with Gasteiger partial charge in [-0.05, 0) is 12.2 Å². The molecule has 0 spiro atoms. The summed E-state index contributed by atoms with van der Waals surface area (Å²) in [6.07, 6.45) is 6.92. The highest BCUT2D eigenvalue weighted by atomic mass is 16.1. The van der Waals surface area contributed by atoms with Crippen LogP contribution in [0.25, 0.3) is 0 Å². The Morgan fingerprint density at radius 1 is 1.44 bits per heavy atom. The second-order valence-electron chi connectivity index (χ2n) is 1.38. The molecule has 0 atom stereocenters. The number of hydrogen-bond donors (Lipinski definition) is 1. The average molecular weight is 125 g/mol. The molecule has 0 radical (unpaired) electrons. The van der Waals surface area contributed by atoms with E-state index in [9.17, 15) is 4.79 Å². The van der Waals surface area contributed by atoms with Crippen molar-refractivity contribution < 1.29 is 10.3 Å². The zero-order chi connectivity index (χ0) is 5.82. The quantitative estimate of drug-likeness (QED) is 0.446. The second kappa shape index (κ2) is 3.66. The van der Waals surface area contributed by atoms with Crippen LogP contribution in [-0.2, 0) is 4.79 Å². The Morgan fingerprint density at radius 3 is 2.56 bits per heavy atom. The van der Waals surface area contributed by atoms with E-state index in [4.69, 9.17) is 0 Å². The molecule has 0 amide bonds. The van der Waals surface area contributed by atoms with Crippen LogP contribution in [0.4, 0.5) is 0 Å². The number of nitrogens with one attached hydrogen (secondary N) is 1. The summed E-state index contributed by atoms with van der Waals surface area (Å²) in [4.78, 5) is 9.85. The van der Waals surface area contributed by atoms with E-state index in [1.165, 1.54) is 0 Å². The van der Waals surface area contributed by atoms with Crippen molar-refractivity contribution in [1.29, 1.82) is 0 Å². The highest BCUT2D eigenvalue weighted by Crippen LogP contribution is 1.91. The normalized spacial score (nSPS) is 13.6. The van der Waals surface area contributed by atoms with Gasteiger partial charge in [-0.3, -0.25) is 0 Å². The zero-order valence-corrected chi connectivity index (χ0v) is 4.72. The minimum Gasteiger partial charge on any atom is -0.412 e. The lowest BCUT2D eigenvalue weighted by molar-refractivity contribution is 0.566. The van der Waals surface area contributed by atoms with Crippen molar-refractivity contribution in [2.45, 2.75) is 0 Å². The molecule has 1 aliphatic heterocycles. The van der Waals surface area contributed by atoms with Crippen LogP contribution in [0.1, 0.15) is 0 Å². The van der Waals surface area contributed by atoms with E-state index in [0.717, 1.165) is 0 Å². The van der Waals surface area contributed by atoms with Gasteiger partial charge in [0.2, 0.25) is 0 Å². The third-order valence-electron chi connectivity index (χ3n) is 0.819. The molecular weight excluding hydrogens is 118 g/mol. The summed E-state index contributed by atoms with van der Waals surface area (Å²) < 4.78 is 0. The Labute approximate surface area is 52.7 Å². The Kier molecular flexibility index (Phi) is 3.13. The number of dihydropyridines is 1. The number of hydrogen-bond acceptors (Lipinski definition) is 2. The third kappa shape index (κ3) is 1.95. The van der Waals surface area contributed by atoms with Gasteiger partial charge in [-0.2, -0.15) is 0 Å². The standard InChI is InChI=1S/C6H5NO.H2O/c8-5-6-3-1-2-4-7-6;/h1-4,7H;1H2. The Balaban J connectivity index is 0.000000640. The van der Waals surface area contributed by atoms with Crippen molar-refractivity contribution in [3.8, 4) is 0 Å². The van der Waals surface area contributed by atoms with Gasteiger partial charge in [-0.15, -0.1) is 0 Å². The first-order valence-electron chi connectivity index (χ1n) is 2.28. The summed E-state index contributed by atoms with van der Waals surface area (Å²) in [6, 6.07) is 0. The molecule has 1 aliphatic rings. The van der Waals surface area contributed by atoms with Gasteiger partial charge in [0, 0.05) is 6.20 Å². The van der Waals surface area contributed by atoms with Crippen molar-refractivity contribution in [2.75, 3.05) is 0 Å². The second-order valence-corrected chi connectivity index (χ2v) is 1.38. The highest BCUT2D eigenvalue weighted by molar-refractivity contribution is 5.57. The van der Waals surface area contributed by atoms with Crippen LogP contribution in [0.5, 0.6) is 0 Å². The topological polar surface area (TPSA) is 60.6 Å². The van der Waals surface area contributed by atoms with Crippen LogP contribution in [-0.4, -0.2) is 11.4 Å². The van der Waals surface area contributed by atoms with Crippen LogP contribution in [0.3, 0.4) is 0 Å². The Morgan fingerprint density at radius 2 is 2.22 bits per heavy atom. The smallest absolute Gasteiger partial charge is 0.150 e. The molecule has 0 aromatic carbocycles. The summed E-state index contributed by atoms with van der Waals surface area (Å²) in [7, 11) is 0. The molecule has 0 saturated heterocycles. The number of carbonyl (C=O) groups excluding carboxylic acids is 1. The molecule has 3 N–H and O–H groups in total. The van der Waals surface area contributed by atoms with E-state index in [1.807, 2.05) is 0 Å². The maximum Gasteiger partial charge on any atom is 0.150 e. The maximum atomic E-state index is 9.85. The lowest BCUT2D eigenvalue weighted by Gasteiger charge is -1.97. The molecule has 0 aliphatic carbocycles. The average Bonchev–Trinajstić information content (AvgIpc) is 1.90. The largest absolute Gasteiger partial charge is 0.412 e. The van der Waals surface area contributed by atoms with Gasteiger partial charge in [0.1, 0.15) is 5.70 Å². The van der Waals surface area contributed by atoms with E-state index in [1.54, 1.807) is 30.4 Å². The number of allylic oxidation sites excluding steroid dienone is 3. The predicted octanol–water partition coefficient (Wildman–Crippen LogP) is -0.450. The molecule has 0 aromatic heterocycles. The third-order valence-corrected chi connectivity index (χ3v) is 0.819. The summed E-state index contributed by atoms with van der Waals surface area (Å²) >= 11 is 0. The SMILES string of the molecule is O.O=C=C1C=CC=CN1. The molecule has 0 saturated carbocycles. The van der Waals surface area contributed by atoms with E-state index in [2.05, 4.69) is 5.32 Å². The lowest BCUT2D eigenvalue weighted by atomic mass is 10.3. The molecule has 0 bridgehead atoms. The summed E-state index contributed by atoms with van der Waals surface area (Å²) in [5.41, 5.74) is 0.479. The van der Waals surface area contributed by atoms with Crippen molar-refractivity contribution in [3.63, 3.8) is 0 Å². The van der Waals surface area contributed by atoms with Gasteiger partial charge in [0.25, 0.3) is 0 Å².